The molecule has 0 aliphatic carbocycles. The van der Waals surface area contributed by atoms with Crippen molar-refractivity contribution in [3.63, 3.8) is 0 Å². The maximum atomic E-state index is 7.55. The van der Waals surface area contributed by atoms with E-state index < -0.39 is 0 Å². The fourth-order valence-electron chi connectivity index (χ4n) is 1.98. The highest BCUT2D eigenvalue weighted by Gasteiger charge is 2.16. The molecule has 94 valence electrons. The molecule has 1 rings (SSSR count). The van der Waals surface area contributed by atoms with Crippen LogP contribution < -0.4 is 10.5 Å². The van der Waals surface area contributed by atoms with Gasteiger partial charge in [-0.05, 0) is 19.5 Å². The van der Waals surface area contributed by atoms with Crippen LogP contribution in [0, 0.1) is 5.41 Å². The number of amidine groups is 1. The van der Waals surface area contributed by atoms with Gasteiger partial charge in [-0.3, -0.25) is 10.3 Å². The number of methoxy groups -OCH3 is 1. The van der Waals surface area contributed by atoms with Crippen molar-refractivity contribution in [3.8, 4) is 5.75 Å². The molecule has 1 unspecified atom stereocenters. The number of nitrogens with one attached hydrogen (secondary N) is 1. The Bertz CT molecular complexity index is 379. The van der Waals surface area contributed by atoms with Gasteiger partial charge >= 0.3 is 0 Å². The van der Waals surface area contributed by atoms with Crippen LogP contribution in [-0.2, 0) is 6.54 Å². The van der Waals surface area contributed by atoms with Crippen molar-refractivity contribution in [2.24, 2.45) is 5.73 Å². The van der Waals surface area contributed by atoms with E-state index in [0.29, 0.717) is 0 Å². The molecule has 0 saturated heterocycles. The van der Waals surface area contributed by atoms with Crippen LogP contribution in [0.25, 0.3) is 0 Å². The largest absolute Gasteiger partial charge is 0.496 e. The highest BCUT2D eigenvalue weighted by atomic mass is 16.5. The van der Waals surface area contributed by atoms with Gasteiger partial charge in [0.25, 0.3) is 0 Å². The minimum absolute atomic E-state index is 0.0140. The van der Waals surface area contributed by atoms with E-state index in [0.717, 1.165) is 24.3 Å². The van der Waals surface area contributed by atoms with Crippen molar-refractivity contribution < 1.29 is 4.74 Å². The molecule has 0 aliphatic heterocycles. The van der Waals surface area contributed by atoms with Crippen molar-refractivity contribution >= 4 is 5.84 Å². The molecule has 1 aromatic carbocycles. The smallest absolute Gasteiger partial charge is 0.123 e. The predicted molar refractivity (Wildman–Crippen MR) is 70.5 cm³/mol. The van der Waals surface area contributed by atoms with Crippen LogP contribution in [0.5, 0.6) is 5.75 Å². The van der Waals surface area contributed by atoms with Gasteiger partial charge in [-0.1, -0.05) is 25.1 Å². The summed E-state index contributed by atoms with van der Waals surface area (Å²) in [5.41, 5.74) is 6.69. The maximum Gasteiger partial charge on any atom is 0.123 e. The number of nitrogens with zero attached hydrogens (tertiary/aromatic N) is 1. The molecular formula is C13H21N3O. The van der Waals surface area contributed by atoms with E-state index in [1.165, 1.54) is 0 Å². The third-order valence-corrected chi connectivity index (χ3v) is 2.89. The Morgan fingerprint density at radius 1 is 1.47 bits per heavy atom. The van der Waals surface area contributed by atoms with Gasteiger partial charge < -0.3 is 10.5 Å². The molecule has 0 amide bonds. The summed E-state index contributed by atoms with van der Waals surface area (Å²) in [6.45, 7) is 2.76. The molecule has 0 aromatic heterocycles. The fraction of sp³-hybridized carbons (Fsp3) is 0.462. The molecule has 0 fully saturated rings. The summed E-state index contributed by atoms with van der Waals surface area (Å²) in [4.78, 5) is 2.07. The monoisotopic (exact) mass is 235 g/mol. The summed E-state index contributed by atoms with van der Waals surface area (Å²) in [5.74, 6) is 1.09. The summed E-state index contributed by atoms with van der Waals surface area (Å²) in [6.07, 6.45) is 0.834. The van der Waals surface area contributed by atoms with Crippen molar-refractivity contribution in [1.82, 2.24) is 4.90 Å². The topological polar surface area (TPSA) is 62.3 Å². The van der Waals surface area contributed by atoms with E-state index in [1.807, 2.05) is 38.2 Å². The van der Waals surface area contributed by atoms with E-state index in [2.05, 4.69) is 4.90 Å². The van der Waals surface area contributed by atoms with Gasteiger partial charge in [-0.15, -0.1) is 0 Å². The maximum absolute atomic E-state index is 7.55. The molecule has 1 atom stereocenters. The van der Waals surface area contributed by atoms with Gasteiger partial charge in [-0.2, -0.15) is 0 Å². The first-order valence-corrected chi connectivity index (χ1v) is 5.76. The second kappa shape index (κ2) is 6.25. The van der Waals surface area contributed by atoms with Gasteiger partial charge in [-0.25, -0.2) is 0 Å². The SMILES string of the molecule is CCC(C(=N)N)N(C)Cc1ccccc1OC. The van der Waals surface area contributed by atoms with Crippen molar-refractivity contribution in [1.29, 1.82) is 5.41 Å². The molecular weight excluding hydrogens is 214 g/mol. The fourth-order valence-corrected chi connectivity index (χ4v) is 1.98. The second-order valence-electron chi connectivity index (χ2n) is 4.11. The molecule has 0 radical (unpaired) electrons. The molecule has 0 heterocycles. The highest BCUT2D eigenvalue weighted by Crippen LogP contribution is 2.19. The Hall–Kier alpha value is -1.55. The third-order valence-electron chi connectivity index (χ3n) is 2.89. The van der Waals surface area contributed by atoms with Gasteiger partial charge in [0, 0.05) is 12.1 Å². The summed E-state index contributed by atoms with van der Waals surface area (Å²) < 4.78 is 5.31. The van der Waals surface area contributed by atoms with E-state index in [9.17, 15) is 0 Å². The lowest BCUT2D eigenvalue weighted by Crippen LogP contribution is -2.41. The van der Waals surface area contributed by atoms with Crippen LogP contribution in [0.4, 0.5) is 0 Å². The number of rotatable bonds is 6. The van der Waals surface area contributed by atoms with Gasteiger partial charge in [0.05, 0.1) is 13.2 Å². The van der Waals surface area contributed by atoms with Crippen molar-refractivity contribution in [2.75, 3.05) is 14.2 Å². The van der Waals surface area contributed by atoms with Crippen LogP contribution in [0.15, 0.2) is 24.3 Å². The second-order valence-corrected chi connectivity index (χ2v) is 4.11. The first kappa shape index (κ1) is 13.5. The van der Waals surface area contributed by atoms with Crippen molar-refractivity contribution in [3.05, 3.63) is 29.8 Å². The Labute approximate surface area is 103 Å². The summed E-state index contributed by atoms with van der Waals surface area (Å²) >= 11 is 0. The zero-order valence-electron chi connectivity index (χ0n) is 10.7. The normalized spacial score (nSPS) is 12.5. The molecule has 0 saturated carbocycles. The van der Waals surface area contributed by atoms with Gasteiger partial charge in [0.2, 0.25) is 0 Å². The minimum atomic E-state index is -0.0140. The molecule has 4 nitrogen and oxygen atoms in total. The molecule has 1 aromatic rings. The highest BCUT2D eigenvalue weighted by molar-refractivity contribution is 5.82. The zero-order valence-corrected chi connectivity index (χ0v) is 10.7. The average molecular weight is 235 g/mol. The van der Waals surface area contributed by atoms with Gasteiger partial charge in [0.1, 0.15) is 11.6 Å². The zero-order chi connectivity index (χ0) is 12.8. The lowest BCUT2D eigenvalue weighted by atomic mass is 10.1. The number of hydrogen-bond donors (Lipinski definition) is 2. The number of nitrogens with two attached hydrogens (primary N) is 1. The van der Waals surface area contributed by atoms with Crippen LogP contribution in [0.1, 0.15) is 18.9 Å². The van der Waals surface area contributed by atoms with E-state index in [4.69, 9.17) is 15.9 Å². The molecule has 0 bridgehead atoms. The third kappa shape index (κ3) is 3.46. The molecule has 0 spiro atoms. The first-order valence-electron chi connectivity index (χ1n) is 5.76. The number of likely N-dealkylation sites (N-methyl/N-ethyl adjacent to an activating group) is 1. The average Bonchev–Trinajstić information content (AvgIpc) is 2.30. The number of hydrogen-bond acceptors (Lipinski definition) is 3. The molecule has 0 aliphatic rings. The van der Waals surface area contributed by atoms with Crippen LogP contribution in [0.2, 0.25) is 0 Å². The van der Waals surface area contributed by atoms with E-state index >= 15 is 0 Å². The lowest BCUT2D eigenvalue weighted by Gasteiger charge is -2.26. The molecule has 4 heteroatoms. The van der Waals surface area contributed by atoms with Crippen LogP contribution in [0.3, 0.4) is 0 Å². The minimum Gasteiger partial charge on any atom is -0.496 e. The standard InChI is InChI=1S/C13H21N3O/c1-4-11(13(14)15)16(2)9-10-7-5-6-8-12(10)17-3/h5-8,11H,4,9H2,1-3H3,(H3,14,15). The van der Waals surface area contributed by atoms with Crippen LogP contribution >= 0.6 is 0 Å². The molecule has 3 N–H and O–H groups in total. The Morgan fingerprint density at radius 3 is 2.65 bits per heavy atom. The number of ether oxygens (including phenoxy) is 1. The van der Waals surface area contributed by atoms with E-state index in [-0.39, 0.29) is 11.9 Å². The number of benzene rings is 1. The summed E-state index contributed by atoms with van der Waals surface area (Å²) in [5, 5.41) is 7.55. The first-order chi connectivity index (χ1) is 8.10. The lowest BCUT2D eigenvalue weighted by molar-refractivity contribution is 0.275. The predicted octanol–water partition coefficient (Wildman–Crippen LogP) is 1.84. The van der Waals surface area contributed by atoms with Crippen molar-refractivity contribution in [2.45, 2.75) is 25.9 Å². The Balaban J connectivity index is 2.79. The van der Waals surface area contributed by atoms with Crippen LogP contribution in [-0.4, -0.2) is 30.9 Å². The summed E-state index contributed by atoms with van der Waals surface area (Å²) in [7, 11) is 3.64. The quantitative estimate of drug-likeness (QED) is 0.584. The Kier molecular flexibility index (Phi) is 4.97. The van der Waals surface area contributed by atoms with Gasteiger partial charge in [0.15, 0.2) is 0 Å². The summed E-state index contributed by atoms with van der Waals surface area (Å²) in [6, 6.07) is 7.89. The number of para-hydroxylation sites is 1. The Morgan fingerprint density at radius 2 is 2.12 bits per heavy atom. The van der Waals surface area contributed by atoms with E-state index in [1.54, 1.807) is 7.11 Å². The molecule has 17 heavy (non-hydrogen) atoms.